The minimum absolute atomic E-state index is 0.0218. The standard InChI is InChI=1S/C57H65FN8O9S/c1-36(2)44-6-4-5-7-45(44)48-34-63(33-38-8-10-40(58)11-9-38)24-25-65(48)42-29-57(30-42)19-22-64(23-20-57)41-12-13-46(49(27-41)75-43-26-39-16-21-59-54(39)61-32-43)55(67)62-76(71,72)50-28-47(66(69)70)51(53-52(50)73-35-74-53)60-31-37-14-17-56(3,68)18-15-37/h4-13,16,21,26-28,32,36-37,42,48,60,68H,14-15,17-20,22-25,29-31,33-35H2,1-3H3,(H,59,61)(H,62,67)/t37?,48-,56?/m0/s1. The number of aromatic nitrogens is 2. The highest BCUT2D eigenvalue weighted by Gasteiger charge is 2.50. The number of aliphatic hydroxyl groups is 1. The van der Waals surface area contributed by atoms with Crippen molar-refractivity contribution in [2.75, 3.05) is 56.3 Å². The first-order chi connectivity index (χ1) is 36.5. The molecule has 5 aliphatic rings. The van der Waals surface area contributed by atoms with Crippen LogP contribution in [0.25, 0.3) is 11.0 Å². The fourth-order valence-electron chi connectivity index (χ4n) is 12.3. The molecule has 19 heteroatoms. The average molecular weight is 1060 g/mol. The van der Waals surface area contributed by atoms with Crippen LogP contribution in [0, 0.1) is 27.3 Å². The third-order valence-electron chi connectivity index (χ3n) is 16.7. The zero-order chi connectivity index (χ0) is 52.9. The molecule has 400 valence electrons. The number of ether oxygens (including phenoxy) is 3. The maximum atomic E-state index is 14.3. The maximum absolute atomic E-state index is 14.3. The second-order valence-corrected chi connectivity index (χ2v) is 23.8. The fraction of sp³-hybridized carbons (Fsp3) is 0.439. The molecule has 4 fully saturated rings. The van der Waals surface area contributed by atoms with Crippen LogP contribution < -0.4 is 29.1 Å². The lowest BCUT2D eigenvalue weighted by Gasteiger charge is -2.58. The normalized spacial score (nSPS) is 21.9. The van der Waals surface area contributed by atoms with E-state index in [9.17, 15) is 32.8 Å². The van der Waals surface area contributed by atoms with Crippen molar-refractivity contribution in [3.63, 3.8) is 0 Å². The van der Waals surface area contributed by atoms with Crippen LogP contribution in [0.15, 0.2) is 102 Å². The summed E-state index contributed by atoms with van der Waals surface area (Å²) in [6.45, 7) is 11.3. The van der Waals surface area contributed by atoms with Crippen LogP contribution in [0.1, 0.15) is 111 Å². The van der Waals surface area contributed by atoms with Crippen molar-refractivity contribution in [3.8, 4) is 23.0 Å². The number of hydrogen-bond acceptors (Lipinski definition) is 14. The second-order valence-electron chi connectivity index (χ2n) is 22.2. The van der Waals surface area contributed by atoms with Gasteiger partial charge >= 0.3 is 0 Å². The zero-order valence-electron chi connectivity index (χ0n) is 43.1. The number of nitrogens with zero attached hydrogens (tertiary/aromatic N) is 5. The molecule has 1 atom stereocenters. The van der Waals surface area contributed by atoms with Crippen LogP contribution >= 0.6 is 0 Å². The minimum atomic E-state index is -4.82. The molecule has 4 N–H and O–H groups in total. The SMILES string of the molecule is CC(C)c1ccccc1[C@@H]1CN(Cc2ccc(F)cc2)CCN1C1CC2(CCN(c3ccc(C(=O)NS(=O)(=O)c4cc([N+](=O)[O-])c(NCC5CCC(C)(O)CC5)c5c4OCO5)c(Oc4cnc5[nH]ccc5c4)c3)CC2)C1. The van der Waals surface area contributed by atoms with E-state index in [0.717, 1.165) is 87.7 Å². The molecule has 6 aromatic rings. The molecule has 4 aromatic carbocycles. The summed E-state index contributed by atoms with van der Waals surface area (Å²) in [6, 6.07) is 26.0. The van der Waals surface area contributed by atoms with Gasteiger partial charge in [0.2, 0.25) is 6.79 Å². The first-order valence-corrected chi connectivity index (χ1v) is 27.9. The highest BCUT2D eigenvalue weighted by atomic mass is 32.2. The van der Waals surface area contributed by atoms with E-state index in [-0.39, 0.29) is 51.7 Å². The Hall–Kier alpha value is -6.80. The summed E-state index contributed by atoms with van der Waals surface area (Å²) >= 11 is 0. The minimum Gasteiger partial charge on any atom is -0.455 e. The topological polar surface area (TPSA) is 205 Å². The van der Waals surface area contributed by atoms with Gasteiger partial charge in [0.05, 0.1) is 22.3 Å². The number of pyridine rings is 1. The van der Waals surface area contributed by atoms with E-state index in [1.165, 1.54) is 23.4 Å². The molecule has 2 aromatic heterocycles. The molecule has 11 rings (SSSR count). The predicted molar refractivity (Wildman–Crippen MR) is 286 cm³/mol. The second kappa shape index (κ2) is 20.6. The van der Waals surface area contributed by atoms with Crippen molar-refractivity contribution in [1.82, 2.24) is 24.5 Å². The molecule has 1 spiro atoms. The molecule has 2 saturated heterocycles. The number of nitro benzene ring substituents is 1. The number of nitro groups is 1. The molecule has 5 heterocycles. The number of rotatable bonds is 15. The summed E-state index contributed by atoms with van der Waals surface area (Å²) in [5.74, 6) is -0.728. The number of fused-ring (bicyclic) bond motifs is 2. The van der Waals surface area contributed by atoms with Gasteiger partial charge in [-0.2, -0.15) is 0 Å². The third-order valence-corrected chi connectivity index (χ3v) is 18.0. The number of nitrogens with one attached hydrogen (secondary N) is 3. The average Bonchev–Trinajstić information content (AvgIpc) is 4.11. The van der Waals surface area contributed by atoms with E-state index in [4.69, 9.17) is 14.2 Å². The van der Waals surface area contributed by atoms with E-state index >= 15 is 0 Å². The van der Waals surface area contributed by atoms with Gasteiger partial charge in [-0.3, -0.25) is 24.7 Å². The lowest BCUT2D eigenvalue weighted by Crippen LogP contribution is -2.60. The molecule has 17 nitrogen and oxygen atoms in total. The molecule has 2 saturated carbocycles. The van der Waals surface area contributed by atoms with Crippen LogP contribution in [0.2, 0.25) is 0 Å². The Morgan fingerprint density at radius 3 is 2.47 bits per heavy atom. The number of amides is 1. The predicted octanol–water partition coefficient (Wildman–Crippen LogP) is 10.0. The van der Waals surface area contributed by atoms with Crippen molar-refractivity contribution in [3.05, 3.63) is 136 Å². The van der Waals surface area contributed by atoms with Gasteiger partial charge in [0.25, 0.3) is 21.6 Å². The van der Waals surface area contributed by atoms with E-state index < -0.39 is 43.8 Å². The van der Waals surface area contributed by atoms with Gasteiger partial charge < -0.3 is 34.5 Å². The Bertz CT molecular complexity index is 3250. The van der Waals surface area contributed by atoms with Gasteiger partial charge in [0.15, 0.2) is 17.2 Å². The lowest BCUT2D eigenvalue weighted by atomic mass is 9.59. The maximum Gasteiger partial charge on any atom is 0.297 e. The number of carbonyl (C=O) groups excluding carboxylic acids is 1. The lowest BCUT2D eigenvalue weighted by molar-refractivity contribution is -0.384. The number of benzene rings is 4. The van der Waals surface area contributed by atoms with Crippen LogP contribution in [-0.2, 0) is 16.6 Å². The van der Waals surface area contributed by atoms with Crippen molar-refractivity contribution in [1.29, 1.82) is 0 Å². The molecule has 0 bridgehead atoms. The third kappa shape index (κ3) is 10.5. The van der Waals surface area contributed by atoms with Crippen molar-refractivity contribution in [2.24, 2.45) is 11.3 Å². The van der Waals surface area contributed by atoms with Gasteiger partial charge in [0, 0.05) is 87.3 Å². The van der Waals surface area contributed by atoms with Crippen molar-refractivity contribution >= 4 is 44.0 Å². The Labute approximate surface area is 441 Å². The number of piperazine rings is 1. The number of halogens is 1. The van der Waals surface area contributed by atoms with Crippen LogP contribution in [-0.4, -0.2) is 102 Å². The number of aromatic amines is 1. The summed E-state index contributed by atoms with van der Waals surface area (Å²) in [6.07, 6.45) is 10.0. The molecule has 3 aliphatic heterocycles. The van der Waals surface area contributed by atoms with E-state index in [0.29, 0.717) is 55.6 Å². The highest BCUT2D eigenvalue weighted by Crippen LogP contribution is 2.54. The summed E-state index contributed by atoms with van der Waals surface area (Å²) < 4.78 is 62.2. The van der Waals surface area contributed by atoms with E-state index in [1.807, 2.05) is 18.2 Å². The molecule has 1 amide bonds. The molecule has 0 unspecified atom stereocenters. The zero-order valence-corrected chi connectivity index (χ0v) is 43.9. The summed E-state index contributed by atoms with van der Waals surface area (Å²) in [7, 11) is -4.82. The molecule has 0 radical (unpaired) electrons. The Kier molecular flexibility index (Phi) is 13.9. The van der Waals surface area contributed by atoms with Gasteiger partial charge in [-0.1, -0.05) is 50.2 Å². The highest BCUT2D eigenvalue weighted by molar-refractivity contribution is 7.90. The number of carbonyl (C=O) groups is 1. The summed E-state index contributed by atoms with van der Waals surface area (Å²) in [5, 5.41) is 26.8. The van der Waals surface area contributed by atoms with Gasteiger partial charge in [-0.15, -0.1) is 0 Å². The van der Waals surface area contributed by atoms with Crippen molar-refractivity contribution in [2.45, 2.75) is 107 Å². The molecule has 76 heavy (non-hydrogen) atoms. The number of sulfonamides is 1. The summed E-state index contributed by atoms with van der Waals surface area (Å²) in [5.41, 5.74) is 4.08. The Morgan fingerprint density at radius 2 is 1.72 bits per heavy atom. The largest absolute Gasteiger partial charge is 0.455 e. The van der Waals surface area contributed by atoms with Gasteiger partial charge in [-0.05, 0) is 129 Å². The quantitative estimate of drug-likeness (QED) is 0.0558. The van der Waals surface area contributed by atoms with Gasteiger partial charge in [0.1, 0.15) is 27.9 Å². The number of H-pyrrole nitrogens is 1. The first-order valence-electron chi connectivity index (χ1n) is 26.5. The Morgan fingerprint density at radius 1 is 0.974 bits per heavy atom. The van der Waals surface area contributed by atoms with Gasteiger partial charge in [-0.25, -0.2) is 22.5 Å². The molecule has 2 aliphatic carbocycles. The fourth-order valence-corrected chi connectivity index (χ4v) is 13.5. The number of anilines is 2. The number of piperidine rings is 1. The van der Waals surface area contributed by atoms with Crippen molar-refractivity contribution < 1.29 is 41.8 Å². The monoisotopic (exact) mass is 1060 g/mol. The molecular weight excluding hydrogens is 992 g/mol. The first kappa shape index (κ1) is 51.3. The van der Waals surface area contributed by atoms with E-state index in [1.54, 1.807) is 43.5 Å². The molecular formula is C57H65FN8O9S. The van der Waals surface area contributed by atoms with Crippen LogP contribution in [0.4, 0.5) is 21.5 Å². The smallest absolute Gasteiger partial charge is 0.297 e. The summed E-state index contributed by atoms with van der Waals surface area (Å²) in [4.78, 5) is 40.6. The number of hydrogen-bond donors (Lipinski definition) is 4. The van der Waals surface area contributed by atoms with E-state index in [2.05, 4.69) is 72.8 Å². The van der Waals surface area contributed by atoms with Crippen LogP contribution in [0.3, 0.4) is 0 Å². The van der Waals surface area contributed by atoms with Crippen LogP contribution in [0.5, 0.6) is 23.0 Å². The Balaban J connectivity index is 0.804.